The molecule has 4 aromatic heterocycles. The topological polar surface area (TPSA) is 103 Å². The van der Waals surface area contributed by atoms with E-state index in [0.717, 1.165) is 78.7 Å². The summed E-state index contributed by atoms with van der Waals surface area (Å²) in [5.74, 6) is 0. The van der Waals surface area contributed by atoms with Crippen LogP contribution in [0.4, 0.5) is 0 Å². The van der Waals surface area contributed by atoms with Gasteiger partial charge in [0.25, 0.3) is 0 Å². The standard InChI is InChI=1S/C18H12N4.C14H8N4/c1-2-6-12-11(5-1)19-15-9-17-18(10-16(15)20-12)22-14-8-4-3-7-13(14)21-17;1-2-6-10-9(5-1)15-13-14(16-10)18-12-8-4-3-7-11(12)17-13/h1-2,5-10H,3-4H2;1-8H. The molecule has 0 spiro atoms. The molecule has 40 heavy (non-hydrogen) atoms. The minimum absolute atomic E-state index is 0.590. The van der Waals surface area contributed by atoms with Gasteiger partial charge in [-0.3, -0.25) is 0 Å². The van der Waals surface area contributed by atoms with Crippen molar-refractivity contribution in [3.05, 3.63) is 95.6 Å². The lowest BCUT2D eigenvalue weighted by molar-refractivity contribution is 1.05. The zero-order valence-corrected chi connectivity index (χ0v) is 21.2. The number of nitrogens with zero attached hydrogens (tertiary/aromatic N) is 8. The Morgan fingerprint density at radius 1 is 0.325 bits per heavy atom. The Bertz CT molecular complexity index is 2170. The van der Waals surface area contributed by atoms with Gasteiger partial charge >= 0.3 is 0 Å². The third-order valence-electron chi connectivity index (χ3n) is 6.89. The molecule has 1 aliphatic rings. The van der Waals surface area contributed by atoms with Crippen molar-refractivity contribution in [2.45, 2.75) is 12.8 Å². The fourth-order valence-electron chi connectivity index (χ4n) is 4.95. The van der Waals surface area contributed by atoms with E-state index in [2.05, 4.69) is 32.1 Å². The van der Waals surface area contributed by atoms with Crippen LogP contribution in [-0.4, -0.2) is 39.9 Å². The number of aromatic nitrogens is 8. The first-order chi connectivity index (χ1) is 19.8. The second kappa shape index (κ2) is 9.06. The highest BCUT2D eigenvalue weighted by molar-refractivity contribution is 5.94. The van der Waals surface area contributed by atoms with Crippen molar-refractivity contribution in [1.82, 2.24) is 39.9 Å². The van der Waals surface area contributed by atoms with Crippen LogP contribution in [0.5, 0.6) is 0 Å². The molecule has 8 aromatic rings. The maximum Gasteiger partial charge on any atom is 0.199 e. The first-order valence-electron chi connectivity index (χ1n) is 13.1. The van der Waals surface area contributed by atoms with Gasteiger partial charge in [-0.2, -0.15) is 0 Å². The van der Waals surface area contributed by atoms with Gasteiger partial charge in [-0.1, -0.05) is 48.6 Å². The van der Waals surface area contributed by atoms with Gasteiger partial charge in [0.05, 0.1) is 65.9 Å². The van der Waals surface area contributed by atoms with Gasteiger partial charge in [0, 0.05) is 0 Å². The molecule has 0 amide bonds. The number of hydrogen-bond donors (Lipinski definition) is 0. The van der Waals surface area contributed by atoms with E-state index in [0.29, 0.717) is 11.3 Å². The van der Waals surface area contributed by atoms with E-state index in [1.807, 2.05) is 84.9 Å². The Morgan fingerprint density at radius 2 is 0.625 bits per heavy atom. The lowest BCUT2D eigenvalue weighted by Gasteiger charge is -2.04. The van der Waals surface area contributed by atoms with Crippen LogP contribution in [0.25, 0.3) is 78.6 Å². The van der Waals surface area contributed by atoms with Crippen molar-refractivity contribution in [1.29, 1.82) is 0 Å². The maximum absolute atomic E-state index is 4.73. The van der Waals surface area contributed by atoms with Crippen molar-refractivity contribution < 1.29 is 0 Å². The predicted molar refractivity (Wildman–Crippen MR) is 158 cm³/mol. The van der Waals surface area contributed by atoms with Crippen molar-refractivity contribution in [2.24, 2.45) is 0 Å². The highest BCUT2D eigenvalue weighted by Crippen LogP contribution is 2.20. The van der Waals surface area contributed by atoms with Gasteiger partial charge in [-0.15, -0.1) is 0 Å². The van der Waals surface area contributed by atoms with Crippen molar-refractivity contribution in [3.8, 4) is 0 Å². The van der Waals surface area contributed by atoms with Gasteiger partial charge < -0.3 is 0 Å². The Kier molecular flexibility index (Phi) is 5.09. The van der Waals surface area contributed by atoms with E-state index < -0.39 is 0 Å². The van der Waals surface area contributed by atoms with Crippen molar-refractivity contribution in [2.75, 3.05) is 0 Å². The lowest BCUT2D eigenvalue weighted by atomic mass is 10.2. The van der Waals surface area contributed by atoms with Crippen LogP contribution in [-0.2, 0) is 0 Å². The van der Waals surface area contributed by atoms with Gasteiger partial charge in [-0.25, -0.2) is 39.9 Å². The third-order valence-corrected chi connectivity index (χ3v) is 6.89. The van der Waals surface area contributed by atoms with E-state index in [9.17, 15) is 0 Å². The van der Waals surface area contributed by atoms with Crippen molar-refractivity contribution in [3.63, 3.8) is 0 Å². The maximum atomic E-state index is 4.73. The fraction of sp³-hybridized carbons (Fsp3) is 0.0625. The molecule has 188 valence electrons. The summed E-state index contributed by atoms with van der Waals surface area (Å²) < 4.78 is 0. The van der Waals surface area contributed by atoms with Crippen LogP contribution in [0.15, 0.2) is 84.9 Å². The summed E-state index contributed by atoms with van der Waals surface area (Å²) in [6, 6.07) is 27.4. The highest BCUT2D eigenvalue weighted by atomic mass is 15.0. The summed E-state index contributed by atoms with van der Waals surface area (Å²) in [7, 11) is 0. The molecule has 0 bridgehead atoms. The molecule has 8 nitrogen and oxygen atoms in total. The van der Waals surface area contributed by atoms with E-state index in [4.69, 9.17) is 19.9 Å². The van der Waals surface area contributed by atoms with Crippen LogP contribution in [0, 0.1) is 0 Å². The van der Waals surface area contributed by atoms with E-state index in [-0.39, 0.29) is 0 Å². The van der Waals surface area contributed by atoms with Gasteiger partial charge in [-0.05, 0) is 61.4 Å². The molecule has 0 radical (unpaired) electrons. The molecule has 0 saturated heterocycles. The van der Waals surface area contributed by atoms with Gasteiger partial charge in [0.2, 0.25) is 0 Å². The fourth-order valence-corrected chi connectivity index (χ4v) is 4.95. The Morgan fingerprint density at radius 3 is 0.975 bits per heavy atom. The number of para-hydroxylation sites is 6. The minimum atomic E-state index is 0.590. The lowest BCUT2D eigenvalue weighted by Crippen LogP contribution is -2.33. The molecule has 0 atom stereocenters. The van der Waals surface area contributed by atoms with Crippen LogP contribution >= 0.6 is 0 Å². The molecule has 0 saturated carbocycles. The Balaban J connectivity index is 0.000000125. The molecule has 0 unspecified atom stereocenters. The SMILES string of the molecule is C1=c2nc3cc4nc5ccccc5nc4cc3nc2=CCC1.c1ccc2nc3nc4ccccc4nc3nc2c1. The molecule has 0 N–H and O–H groups in total. The quantitative estimate of drug-likeness (QED) is 0.265. The van der Waals surface area contributed by atoms with Crippen LogP contribution in [0.3, 0.4) is 0 Å². The predicted octanol–water partition coefficient (Wildman–Crippen LogP) is 4.81. The van der Waals surface area contributed by atoms with Gasteiger partial charge in [0.1, 0.15) is 0 Å². The molecule has 4 aromatic carbocycles. The average molecular weight is 517 g/mol. The summed E-state index contributed by atoms with van der Waals surface area (Å²) in [5, 5.41) is 1.96. The summed E-state index contributed by atoms with van der Waals surface area (Å²) in [6.45, 7) is 0. The molecule has 0 aliphatic heterocycles. The minimum Gasteiger partial charge on any atom is -0.245 e. The number of rotatable bonds is 0. The smallest absolute Gasteiger partial charge is 0.199 e. The second-order valence-electron chi connectivity index (χ2n) is 9.59. The number of hydrogen-bond acceptors (Lipinski definition) is 8. The average Bonchev–Trinajstić information content (AvgIpc) is 3.00. The molecule has 8 heteroatoms. The van der Waals surface area contributed by atoms with Gasteiger partial charge in [0.15, 0.2) is 11.3 Å². The van der Waals surface area contributed by atoms with Crippen LogP contribution in [0.2, 0.25) is 0 Å². The Labute approximate surface area is 226 Å². The first-order valence-corrected chi connectivity index (χ1v) is 13.1. The van der Waals surface area contributed by atoms with E-state index in [1.165, 1.54) is 0 Å². The molecule has 1 aliphatic carbocycles. The second-order valence-corrected chi connectivity index (χ2v) is 9.59. The van der Waals surface area contributed by atoms with Crippen molar-refractivity contribution >= 4 is 78.6 Å². The summed E-state index contributed by atoms with van der Waals surface area (Å²) in [4.78, 5) is 36.8. The third kappa shape index (κ3) is 3.94. The van der Waals surface area contributed by atoms with Crippen LogP contribution in [0.1, 0.15) is 12.8 Å². The summed E-state index contributed by atoms with van der Waals surface area (Å²) >= 11 is 0. The molecular formula is C32H20N8. The van der Waals surface area contributed by atoms with E-state index in [1.54, 1.807) is 0 Å². The molecular weight excluding hydrogens is 496 g/mol. The summed E-state index contributed by atoms with van der Waals surface area (Å²) in [6.07, 6.45) is 6.37. The normalized spacial score (nSPS) is 12.7. The zero-order chi connectivity index (χ0) is 26.5. The summed E-state index contributed by atoms with van der Waals surface area (Å²) in [5.41, 5.74) is 9.83. The number of fused-ring (bicyclic) bond motifs is 7. The zero-order valence-electron chi connectivity index (χ0n) is 21.2. The number of benzene rings is 4. The monoisotopic (exact) mass is 516 g/mol. The van der Waals surface area contributed by atoms with Crippen LogP contribution < -0.4 is 10.7 Å². The molecule has 4 heterocycles. The van der Waals surface area contributed by atoms with E-state index >= 15 is 0 Å². The highest BCUT2D eigenvalue weighted by Gasteiger charge is 2.07. The molecule has 0 fully saturated rings. The molecule has 9 rings (SSSR count). The largest absolute Gasteiger partial charge is 0.245 e. The first kappa shape index (κ1) is 22.5. The Hall–Kier alpha value is -5.50.